The maximum Gasteiger partial charge on any atom is 0.323 e. The first-order valence-corrected chi connectivity index (χ1v) is 5.89. The lowest BCUT2D eigenvalue weighted by molar-refractivity contribution is 0.432. The number of aromatic nitrogens is 2. The molecule has 1 unspecified atom stereocenters. The number of H-pyrrole nitrogens is 2. The maximum atomic E-state index is 11.2. The molecule has 4 heteroatoms. The predicted octanol–water partition coefficient (Wildman–Crippen LogP) is 1.92. The lowest BCUT2D eigenvalue weighted by atomic mass is 10.0. The van der Waals surface area contributed by atoms with Gasteiger partial charge in [-0.25, -0.2) is 4.79 Å². The minimum atomic E-state index is -0.361. The Hall–Kier alpha value is -1.99. The predicted molar refractivity (Wildman–Crippen MR) is 73.4 cm³/mol. The molecule has 0 saturated heterocycles. The van der Waals surface area contributed by atoms with E-state index in [9.17, 15) is 4.79 Å². The van der Waals surface area contributed by atoms with E-state index in [0.717, 1.165) is 16.6 Å². The molecule has 1 atom stereocenters. The molecule has 1 aromatic carbocycles. The molecule has 2 aromatic rings. The quantitative estimate of drug-likeness (QED) is 0.721. The summed E-state index contributed by atoms with van der Waals surface area (Å²) in [6.07, 6.45) is 5.46. The fourth-order valence-electron chi connectivity index (χ4n) is 1.99. The second-order valence-electron chi connectivity index (χ2n) is 5.02. The molecule has 0 bridgehead atoms. The highest BCUT2D eigenvalue weighted by Gasteiger charge is 2.17. The number of aromatic amines is 2. The standard InChI is InChI=1S/C14H17N3O/c1-5-14(3,4)17-9(2)10-6-7-11-12(8-10)16-13(18)15-11/h1,6-9,17H,2-4H3,(H2,15,16,18). The van der Waals surface area contributed by atoms with E-state index in [0.29, 0.717) is 0 Å². The van der Waals surface area contributed by atoms with Crippen molar-refractivity contribution in [2.45, 2.75) is 32.4 Å². The Morgan fingerprint density at radius 2 is 2.00 bits per heavy atom. The van der Waals surface area contributed by atoms with Crippen LogP contribution in [0.2, 0.25) is 0 Å². The van der Waals surface area contributed by atoms with Crippen molar-refractivity contribution in [3.63, 3.8) is 0 Å². The normalized spacial score (nSPS) is 13.4. The zero-order chi connectivity index (χ0) is 13.3. The Bertz CT molecular complexity index is 657. The van der Waals surface area contributed by atoms with Gasteiger partial charge in [-0.15, -0.1) is 6.42 Å². The highest BCUT2D eigenvalue weighted by atomic mass is 16.1. The van der Waals surface area contributed by atoms with Crippen LogP contribution in [0.4, 0.5) is 0 Å². The van der Waals surface area contributed by atoms with Crippen molar-refractivity contribution in [1.82, 2.24) is 15.3 Å². The summed E-state index contributed by atoms with van der Waals surface area (Å²) in [7, 11) is 0. The van der Waals surface area contributed by atoms with Gasteiger partial charge in [0.25, 0.3) is 0 Å². The zero-order valence-electron chi connectivity index (χ0n) is 10.8. The minimum Gasteiger partial charge on any atom is -0.306 e. The van der Waals surface area contributed by atoms with E-state index in [-0.39, 0.29) is 17.3 Å². The first-order valence-electron chi connectivity index (χ1n) is 5.89. The monoisotopic (exact) mass is 243 g/mol. The van der Waals surface area contributed by atoms with Crippen molar-refractivity contribution in [3.8, 4) is 12.3 Å². The van der Waals surface area contributed by atoms with Gasteiger partial charge in [0.15, 0.2) is 0 Å². The van der Waals surface area contributed by atoms with Gasteiger partial charge in [-0.3, -0.25) is 5.32 Å². The molecular formula is C14H17N3O. The molecule has 0 fully saturated rings. The van der Waals surface area contributed by atoms with E-state index < -0.39 is 0 Å². The Labute approximate surface area is 106 Å². The minimum absolute atomic E-state index is 0.110. The molecule has 0 aliphatic heterocycles. The smallest absolute Gasteiger partial charge is 0.306 e. The largest absolute Gasteiger partial charge is 0.323 e. The Balaban J connectivity index is 2.31. The number of benzene rings is 1. The molecule has 0 aliphatic rings. The Kier molecular flexibility index (Phi) is 3.02. The van der Waals surface area contributed by atoms with Gasteiger partial charge in [-0.1, -0.05) is 12.0 Å². The van der Waals surface area contributed by atoms with Gasteiger partial charge in [0, 0.05) is 6.04 Å². The van der Waals surface area contributed by atoms with Crippen molar-refractivity contribution in [3.05, 3.63) is 34.2 Å². The topological polar surface area (TPSA) is 60.7 Å². The lowest BCUT2D eigenvalue weighted by Crippen LogP contribution is -2.39. The summed E-state index contributed by atoms with van der Waals surface area (Å²) >= 11 is 0. The van der Waals surface area contributed by atoms with Crippen LogP contribution >= 0.6 is 0 Å². The van der Waals surface area contributed by atoms with E-state index >= 15 is 0 Å². The van der Waals surface area contributed by atoms with Gasteiger partial charge in [0.05, 0.1) is 16.6 Å². The van der Waals surface area contributed by atoms with Crippen LogP contribution in [0.15, 0.2) is 23.0 Å². The summed E-state index contributed by atoms with van der Waals surface area (Å²) in [5, 5.41) is 3.36. The molecule has 1 heterocycles. The summed E-state index contributed by atoms with van der Waals surface area (Å²) in [6.45, 7) is 5.96. The van der Waals surface area contributed by atoms with Gasteiger partial charge < -0.3 is 9.97 Å². The SMILES string of the molecule is C#CC(C)(C)NC(C)c1ccc2[nH]c(=O)[nH]c2c1. The third kappa shape index (κ3) is 2.47. The number of fused-ring (bicyclic) bond motifs is 1. The summed E-state index contributed by atoms with van der Waals surface area (Å²) in [5.74, 6) is 2.71. The third-order valence-electron chi connectivity index (χ3n) is 2.98. The summed E-state index contributed by atoms with van der Waals surface area (Å²) in [4.78, 5) is 16.7. The molecule has 0 aliphatic carbocycles. The first-order chi connectivity index (χ1) is 8.41. The van der Waals surface area contributed by atoms with Crippen LogP contribution in [-0.4, -0.2) is 15.5 Å². The number of nitrogens with one attached hydrogen (secondary N) is 3. The van der Waals surface area contributed by atoms with Gasteiger partial charge in [-0.05, 0) is 38.5 Å². The van der Waals surface area contributed by atoms with Crippen molar-refractivity contribution in [2.24, 2.45) is 0 Å². The van der Waals surface area contributed by atoms with Crippen LogP contribution in [-0.2, 0) is 0 Å². The van der Waals surface area contributed by atoms with Crippen LogP contribution in [0, 0.1) is 12.3 Å². The van der Waals surface area contributed by atoms with Crippen LogP contribution in [0.5, 0.6) is 0 Å². The van der Waals surface area contributed by atoms with Crippen LogP contribution in [0.3, 0.4) is 0 Å². The van der Waals surface area contributed by atoms with E-state index in [2.05, 4.69) is 21.2 Å². The number of hydrogen-bond acceptors (Lipinski definition) is 2. The van der Waals surface area contributed by atoms with E-state index in [1.807, 2.05) is 39.0 Å². The average Bonchev–Trinajstić information content (AvgIpc) is 2.67. The van der Waals surface area contributed by atoms with E-state index in [4.69, 9.17) is 6.42 Å². The molecule has 3 N–H and O–H groups in total. The summed E-state index contributed by atoms with van der Waals surface area (Å²) < 4.78 is 0. The van der Waals surface area contributed by atoms with Gasteiger partial charge in [-0.2, -0.15) is 0 Å². The second-order valence-corrected chi connectivity index (χ2v) is 5.02. The number of hydrogen-bond donors (Lipinski definition) is 3. The van der Waals surface area contributed by atoms with Gasteiger partial charge in [0.2, 0.25) is 0 Å². The molecule has 0 spiro atoms. The van der Waals surface area contributed by atoms with Crippen LogP contribution in [0.1, 0.15) is 32.4 Å². The molecule has 0 radical (unpaired) electrons. The number of rotatable bonds is 3. The van der Waals surface area contributed by atoms with Crippen molar-refractivity contribution >= 4 is 11.0 Å². The number of terminal acetylenes is 1. The summed E-state index contributed by atoms with van der Waals surface area (Å²) in [5.41, 5.74) is 2.16. The van der Waals surface area contributed by atoms with E-state index in [1.54, 1.807) is 0 Å². The highest BCUT2D eigenvalue weighted by molar-refractivity contribution is 5.75. The molecule has 94 valence electrons. The molecule has 0 amide bonds. The zero-order valence-corrected chi connectivity index (χ0v) is 10.8. The fourth-order valence-corrected chi connectivity index (χ4v) is 1.99. The lowest BCUT2D eigenvalue weighted by Gasteiger charge is -2.25. The Morgan fingerprint density at radius 1 is 1.33 bits per heavy atom. The second kappa shape index (κ2) is 4.35. The fraction of sp³-hybridized carbons (Fsp3) is 0.357. The van der Waals surface area contributed by atoms with Crippen LogP contribution in [0.25, 0.3) is 11.0 Å². The third-order valence-corrected chi connectivity index (χ3v) is 2.98. The summed E-state index contributed by atoms with van der Waals surface area (Å²) in [6, 6.07) is 5.94. The first kappa shape index (κ1) is 12.5. The van der Waals surface area contributed by atoms with Crippen molar-refractivity contribution in [1.29, 1.82) is 0 Å². The maximum absolute atomic E-state index is 11.2. The van der Waals surface area contributed by atoms with Crippen molar-refractivity contribution in [2.75, 3.05) is 0 Å². The molecule has 1 aromatic heterocycles. The highest BCUT2D eigenvalue weighted by Crippen LogP contribution is 2.19. The Morgan fingerprint density at radius 3 is 2.67 bits per heavy atom. The molecular weight excluding hydrogens is 226 g/mol. The number of imidazole rings is 1. The van der Waals surface area contributed by atoms with Gasteiger partial charge >= 0.3 is 5.69 Å². The van der Waals surface area contributed by atoms with Crippen LogP contribution < -0.4 is 11.0 Å². The molecule has 4 nitrogen and oxygen atoms in total. The molecule has 18 heavy (non-hydrogen) atoms. The van der Waals surface area contributed by atoms with E-state index in [1.165, 1.54) is 0 Å². The average molecular weight is 243 g/mol. The van der Waals surface area contributed by atoms with Gasteiger partial charge in [0.1, 0.15) is 0 Å². The molecule has 0 saturated carbocycles. The molecule has 2 rings (SSSR count). The van der Waals surface area contributed by atoms with Crippen molar-refractivity contribution < 1.29 is 0 Å².